The molecule has 0 bridgehead atoms. The van der Waals surface area contributed by atoms with E-state index in [1.54, 1.807) is 0 Å². The van der Waals surface area contributed by atoms with E-state index >= 15 is 0 Å². The van der Waals surface area contributed by atoms with Crippen LogP contribution >= 0.6 is 11.6 Å². The minimum absolute atomic E-state index is 0.394. The molecule has 0 amide bonds. The summed E-state index contributed by atoms with van der Waals surface area (Å²) in [5.74, 6) is 0. The van der Waals surface area contributed by atoms with Gasteiger partial charge in [-0.15, -0.1) is 0 Å². The monoisotopic (exact) mass is 294 g/mol. The molecule has 1 aliphatic carbocycles. The molecule has 4 heteroatoms. The van der Waals surface area contributed by atoms with Gasteiger partial charge in [0.05, 0.1) is 29.5 Å². The molecule has 3 nitrogen and oxygen atoms in total. The van der Waals surface area contributed by atoms with Gasteiger partial charge in [0.25, 0.3) is 0 Å². The Balaban J connectivity index is 1.83. The molecule has 1 aromatic carbocycles. The summed E-state index contributed by atoms with van der Waals surface area (Å²) in [4.78, 5) is 2.47. The molecule has 3 rings (SSSR count). The Labute approximate surface area is 126 Å². The van der Waals surface area contributed by atoms with E-state index in [4.69, 9.17) is 16.3 Å². The van der Waals surface area contributed by atoms with Crippen LogP contribution in [-0.4, -0.2) is 32.3 Å². The molecular weight excluding hydrogens is 272 g/mol. The smallest absolute Gasteiger partial charge is 0.0779 e. The number of benzene rings is 1. The highest BCUT2D eigenvalue weighted by Crippen LogP contribution is 2.35. The summed E-state index contributed by atoms with van der Waals surface area (Å²) in [6, 6.07) is 6.93. The molecule has 1 heterocycles. The summed E-state index contributed by atoms with van der Waals surface area (Å²) in [5.41, 5.74) is 2.40. The van der Waals surface area contributed by atoms with Crippen molar-refractivity contribution >= 4 is 17.3 Å². The van der Waals surface area contributed by atoms with Crippen LogP contribution in [0.15, 0.2) is 18.2 Å². The molecule has 2 fully saturated rings. The lowest BCUT2D eigenvalue weighted by Gasteiger charge is -2.45. The second kappa shape index (κ2) is 6.33. The number of ether oxygens (including phenoxy) is 1. The van der Waals surface area contributed by atoms with Crippen molar-refractivity contribution in [3.63, 3.8) is 0 Å². The Hall–Kier alpha value is -0.770. The van der Waals surface area contributed by atoms with Crippen LogP contribution in [0.1, 0.15) is 31.2 Å². The fourth-order valence-electron chi connectivity index (χ4n) is 3.49. The van der Waals surface area contributed by atoms with Gasteiger partial charge in [0.15, 0.2) is 0 Å². The predicted molar refractivity (Wildman–Crippen MR) is 83.6 cm³/mol. The normalized spacial score (nSPS) is 26.4. The molecule has 2 unspecified atom stereocenters. The Kier molecular flexibility index (Phi) is 4.49. The topological polar surface area (TPSA) is 24.5 Å². The molecule has 1 saturated carbocycles. The number of nitrogens with zero attached hydrogens (tertiary/aromatic N) is 1. The van der Waals surface area contributed by atoms with Gasteiger partial charge in [0, 0.05) is 13.1 Å². The van der Waals surface area contributed by atoms with Crippen LogP contribution in [0.4, 0.5) is 5.69 Å². The molecule has 0 radical (unpaired) electrons. The first kappa shape index (κ1) is 14.2. The van der Waals surface area contributed by atoms with Crippen LogP contribution in [0.2, 0.25) is 5.02 Å². The number of anilines is 1. The first-order valence-electron chi connectivity index (χ1n) is 7.61. The van der Waals surface area contributed by atoms with Crippen molar-refractivity contribution in [1.29, 1.82) is 0 Å². The number of fused-ring (bicyclic) bond motifs is 1. The lowest BCUT2D eigenvalue weighted by molar-refractivity contribution is -0.00866. The van der Waals surface area contributed by atoms with Crippen molar-refractivity contribution < 1.29 is 4.74 Å². The van der Waals surface area contributed by atoms with Crippen LogP contribution in [0.25, 0.3) is 0 Å². The minimum Gasteiger partial charge on any atom is -0.374 e. The molecule has 2 atom stereocenters. The summed E-state index contributed by atoms with van der Waals surface area (Å²) >= 11 is 6.52. The summed E-state index contributed by atoms with van der Waals surface area (Å²) in [5, 5.41) is 4.03. The molecule has 1 saturated heterocycles. The van der Waals surface area contributed by atoms with Crippen molar-refractivity contribution in [3.05, 3.63) is 28.8 Å². The van der Waals surface area contributed by atoms with E-state index in [0.29, 0.717) is 12.1 Å². The largest absolute Gasteiger partial charge is 0.374 e. The number of morpholine rings is 1. The number of hydrogen-bond donors (Lipinski definition) is 1. The van der Waals surface area contributed by atoms with Gasteiger partial charge in [-0.1, -0.05) is 30.5 Å². The predicted octanol–water partition coefficient (Wildman–Crippen LogP) is 3.21. The highest BCUT2D eigenvalue weighted by molar-refractivity contribution is 6.33. The van der Waals surface area contributed by atoms with Gasteiger partial charge >= 0.3 is 0 Å². The Morgan fingerprint density at radius 1 is 1.35 bits per heavy atom. The molecule has 110 valence electrons. The maximum Gasteiger partial charge on any atom is 0.0779 e. The van der Waals surface area contributed by atoms with E-state index in [-0.39, 0.29) is 0 Å². The SMILES string of the molecule is CNCc1ccc(N2CCOC3CCCCC32)c(Cl)c1. The lowest BCUT2D eigenvalue weighted by Crippen LogP contribution is -2.52. The van der Waals surface area contributed by atoms with Crippen molar-refractivity contribution in [1.82, 2.24) is 5.32 Å². The molecule has 20 heavy (non-hydrogen) atoms. The van der Waals surface area contributed by atoms with Crippen molar-refractivity contribution in [2.75, 3.05) is 25.1 Å². The number of halogens is 1. The fourth-order valence-corrected chi connectivity index (χ4v) is 3.80. The van der Waals surface area contributed by atoms with Gasteiger partial charge in [-0.05, 0) is 37.6 Å². The van der Waals surface area contributed by atoms with Crippen LogP contribution in [-0.2, 0) is 11.3 Å². The Bertz CT molecular complexity index is 464. The molecule has 1 aromatic rings. The Morgan fingerprint density at radius 3 is 3.00 bits per heavy atom. The molecule has 1 aliphatic heterocycles. The van der Waals surface area contributed by atoms with Crippen LogP contribution < -0.4 is 10.2 Å². The Morgan fingerprint density at radius 2 is 2.20 bits per heavy atom. The average molecular weight is 295 g/mol. The highest BCUT2D eigenvalue weighted by Gasteiger charge is 2.34. The highest BCUT2D eigenvalue weighted by atomic mass is 35.5. The van der Waals surface area contributed by atoms with Crippen LogP contribution in [0.3, 0.4) is 0 Å². The fraction of sp³-hybridized carbons (Fsp3) is 0.625. The van der Waals surface area contributed by atoms with E-state index in [0.717, 1.165) is 24.7 Å². The second-order valence-electron chi connectivity index (χ2n) is 5.77. The maximum atomic E-state index is 6.52. The maximum absolute atomic E-state index is 6.52. The van der Waals surface area contributed by atoms with Crippen molar-refractivity contribution in [3.8, 4) is 0 Å². The van der Waals surface area contributed by atoms with Gasteiger partial charge in [-0.25, -0.2) is 0 Å². The van der Waals surface area contributed by atoms with E-state index in [9.17, 15) is 0 Å². The van der Waals surface area contributed by atoms with E-state index in [1.165, 1.54) is 36.9 Å². The van der Waals surface area contributed by atoms with Crippen molar-refractivity contribution in [2.45, 2.75) is 44.4 Å². The van der Waals surface area contributed by atoms with E-state index < -0.39 is 0 Å². The molecular formula is C16H23ClN2O. The quantitative estimate of drug-likeness (QED) is 0.926. The number of rotatable bonds is 3. The third-order valence-corrected chi connectivity index (χ3v) is 4.74. The van der Waals surface area contributed by atoms with Gasteiger partial charge in [-0.3, -0.25) is 0 Å². The van der Waals surface area contributed by atoms with Gasteiger partial charge in [0.1, 0.15) is 0 Å². The van der Waals surface area contributed by atoms with Gasteiger partial charge < -0.3 is 15.0 Å². The zero-order valence-electron chi connectivity index (χ0n) is 12.1. The van der Waals surface area contributed by atoms with Crippen LogP contribution in [0.5, 0.6) is 0 Å². The number of hydrogen-bond acceptors (Lipinski definition) is 3. The molecule has 2 aliphatic rings. The summed E-state index contributed by atoms with van der Waals surface area (Å²) in [6.07, 6.45) is 5.40. The third-order valence-electron chi connectivity index (χ3n) is 4.43. The zero-order valence-corrected chi connectivity index (χ0v) is 12.8. The van der Waals surface area contributed by atoms with E-state index in [1.807, 2.05) is 7.05 Å². The van der Waals surface area contributed by atoms with Crippen molar-refractivity contribution in [2.24, 2.45) is 0 Å². The lowest BCUT2D eigenvalue weighted by atomic mass is 9.89. The zero-order chi connectivity index (χ0) is 13.9. The molecule has 0 aromatic heterocycles. The van der Waals surface area contributed by atoms with E-state index in [2.05, 4.69) is 28.4 Å². The first-order valence-corrected chi connectivity index (χ1v) is 7.98. The summed E-state index contributed by atoms with van der Waals surface area (Å²) < 4.78 is 5.94. The van der Waals surface area contributed by atoms with Gasteiger partial charge in [0.2, 0.25) is 0 Å². The second-order valence-corrected chi connectivity index (χ2v) is 6.18. The third kappa shape index (κ3) is 2.80. The summed E-state index contributed by atoms with van der Waals surface area (Å²) in [6.45, 7) is 2.62. The molecule has 1 N–H and O–H groups in total. The summed E-state index contributed by atoms with van der Waals surface area (Å²) in [7, 11) is 1.95. The first-order chi connectivity index (χ1) is 9.79. The van der Waals surface area contributed by atoms with Gasteiger partial charge in [-0.2, -0.15) is 0 Å². The number of nitrogens with one attached hydrogen (secondary N) is 1. The minimum atomic E-state index is 0.394. The molecule has 0 spiro atoms. The average Bonchev–Trinajstić information content (AvgIpc) is 2.47. The standard InChI is InChI=1S/C16H23ClN2O/c1-18-11-12-6-7-14(13(17)10-12)19-8-9-20-16-5-3-2-4-15(16)19/h6-7,10,15-16,18H,2-5,8-9,11H2,1H3. The van der Waals surface area contributed by atoms with Crippen LogP contribution in [0, 0.1) is 0 Å².